The summed E-state index contributed by atoms with van der Waals surface area (Å²) in [5, 5.41) is 15.2. The SMILES string of the molecule is CCc1n[nH]c(-c2cccc(-c3ccccc3-c3cccc(-c4[nH]nc(CC)c4C)n3)n2)c1C. The molecule has 0 atom stereocenters. The third kappa shape index (κ3) is 3.81. The summed E-state index contributed by atoms with van der Waals surface area (Å²) in [6, 6.07) is 20.5. The average molecular weight is 449 g/mol. The third-order valence-electron chi connectivity index (χ3n) is 6.38. The lowest BCUT2D eigenvalue weighted by Gasteiger charge is -2.11. The van der Waals surface area contributed by atoms with E-state index in [4.69, 9.17) is 9.97 Å². The largest absolute Gasteiger partial charge is 0.276 e. The van der Waals surface area contributed by atoms with Gasteiger partial charge >= 0.3 is 0 Å². The lowest BCUT2D eigenvalue weighted by Crippen LogP contribution is -1.94. The summed E-state index contributed by atoms with van der Waals surface area (Å²) in [5.74, 6) is 0. The summed E-state index contributed by atoms with van der Waals surface area (Å²) in [4.78, 5) is 10.0. The van der Waals surface area contributed by atoms with Crippen LogP contribution in [0.3, 0.4) is 0 Å². The molecular formula is C28H28N6. The summed E-state index contributed by atoms with van der Waals surface area (Å²) in [5.41, 5.74) is 12.0. The predicted octanol–water partition coefficient (Wildman–Crippen LogP) is 6.33. The highest BCUT2D eigenvalue weighted by molar-refractivity contribution is 5.82. The van der Waals surface area contributed by atoms with E-state index in [9.17, 15) is 0 Å². The Labute approximate surface area is 199 Å². The molecule has 0 saturated heterocycles. The van der Waals surface area contributed by atoms with Gasteiger partial charge in [0.2, 0.25) is 0 Å². The molecule has 0 radical (unpaired) electrons. The van der Waals surface area contributed by atoms with E-state index in [2.05, 4.69) is 60.2 Å². The van der Waals surface area contributed by atoms with Crippen molar-refractivity contribution in [2.75, 3.05) is 0 Å². The molecule has 0 aliphatic rings. The number of aromatic amines is 2. The zero-order valence-electron chi connectivity index (χ0n) is 20.0. The number of nitrogens with one attached hydrogen (secondary N) is 2. The summed E-state index contributed by atoms with van der Waals surface area (Å²) in [7, 11) is 0. The third-order valence-corrected chi connectivity index (χ3v) is 6.38. The van der Waals surface area contributed by atoms with Crippen LogP contribution < -0.4 is 0 Å². The van der Waals surface area contributed by atoms with Crippen molar-refractivity contribution in [1.82, 2.24) is 30.4 Å². The van der Waals surface area contributed by atoms with Crippen LogP contribution >= 0.6 is 0 Å². The Morgan fingerprint density at radius 2 is 0.971 bits per heavy atom. The molecule has 4 heterocycles. The van der Waals surface area contributed by atoms with E-state index in [0.29, 0.717) is 0 Å². The molecule has 0 amide bonds. The van der Waals surface area contributed by atoms with Gasteiger partial charge in [-0.1, -0.05) is 50.2 Å². The molecule has 6 heteroatoms. The molecule has 0 aliphatic carbocycles. The normalized spacial score (nSPS) is 11.2. The van der Waals surface area contributed by atoms with Crippen LogP contribution in [0.15, 0.2) is 60.7 Å². The number of pyridine rings is 2. The van der Waals surface area contributed by atoms with Crippen LogP contribution in [0.4, 0.5) is 0 Å². The minimum absolute atomic E-state index is 0.888. The summed E-state index contributed by atoms with van der Waals surface area (Å²) in [6.45, 7) is 8.41. The molecular weight excluding hydrogens is 420 g/mol. The van der Waals surface area contributed by atoms with E-state index in [1.165, 1.54) is 0 Å². The minimum atomic E-state index is 0.888. The number of hydrogen-bond donors (Lipinski definition) is 2. The molecule has 0 spiro atoms. The summed E-state index contributed by atoms with van der Waals surface area (Å²) < 4.78 is 0. The zero-order chi connectivity index (χ0) is 23.7. The first-order valence-corrected chi connectivity index (χ1v) is 11.7. The molecule has 0 bridgehead atoms. The van der Waals surface area contributed by atoms with Crippen molar-refractivity contribution < 1.29 is 0 Å². The summed E-state index contributed by atoms with van der Waals surface area (Å²) >= 11 is 0. The van der Waals surface area contributed by atoms with Crippen molar-refractivity contribution in [2.24, 2.45) is 0 Å². The monoisotopic (exact) mass is 448 g/mol. The maximum Gasteiger partial charge on any atom is 0.0890 e. The van der Waals surface area contributed by atoms with Crippen LogP contribution in [0.5, 0.6) is 0 Å². The van der Waals surface area contributed by atoms with Crippen LogP contribution in [0.25, 0.3) is 45.3 Å². The standard InChI is InChI=1S/C28H28N6/c1-5-21-17(3)27(33-31-21)25-15-9-13-23(29-25)19-11-7-8-12-20(19)24-14-10-16-26(30-24)28-18(4)22(6-2)32-34-28/h7-16H,5-6H2,1-4H3,(H,31,33)(H,32,34). The molecule has 0 fully saturated rings. The Kier molecular flexibility index (Phi) is 5.80. The van der Waals surface area contributed by atoms with Gasteiger partial charge in [-0.15, -0.1) is 0 Å². The molecule has 34 heavy (non-hydrogen) atoms. The van der Waals surface area contributed by atoms with Gasteiger partial charge in [0.05, 0.1) is 45.6 Å². The molecule has 6 nitrogen and oxygen atoms in total. The highest BCUT2D eigenvalue weighted by Crippen LogP contribution is 2.33. The number of nitrogens with zero attached hydrogens (tertiary/aromatic N) is 4. The van der Waals surface area contributed by atoms with Gasteiger partial charge < -0.3 is 0 Å². The van der Waals surface area contributed by atoms with Crippen molar-refractivity contribution in [3.8, 4) is 45.3 Å². The topological polar surface area (TPSA) is 83.1 Å². The first-order chi connectivity index (χ1) is 16.6. The van der Waals surface area contributed by atoms with Gasteiger partial charge in [0.1, 0.15) is 0 Å². The second-order valence-electron chi connectivity index (χ2n) is 8.41. The lowest BCUT2D eigenvalue weighted by atomic mass is 9.99. The second kappa shape index (κ2) is 9.06. The lowest BCUT2D eigenvalue weighted by molar-refractivity contribution is 0.969. The molecule has 0 aliphatic heterocycles. The van der Waals surface area contributed by atoms with Gasteiger partial charge in [0.15, 0.2) is 0 Å². The number of rotatable bonds is 6. The molecule has 0 saturated carbocycles. The number of H-pyrrole nitrogens is 2. The number of hydrogen-bond acceptors (Lipinski definition) is 4. The Hall–Kier alpha value is -4.06. The Balaban J connectivity index is 1.58. The van der Waals surface area contributed by atoms with Crippen molar-refractivity contribution in [2.45, 2.75) is 40.5 Å². The fraction of sp³-hybridized carbons (Fsp3) is 0.214. The number of benzene rings is 1. The van der Waals surface area contributed by atoms with Crippen molar-refractivity contribution in [1.29, 1.82) is 0 Å². The smallest absolute Gasteiger partial charge is 0.0890 e. The van der Waals surface area contributed by atoms with Crippen LogP contribution in [0.1, 0.15) is 36.4 Å². The van der Waals surface area contributed by atoms with Crippen LogP contribution in [0, 0.1) is 13.8 Å². The Bertz CT molecular complexity index is 1350. The van der Waals surface area contributed by atoms with Crippen molar-refractivity contribution in [3.63, 3.8) is 0 Å². The Morgan fingerprint density at radius 3 is 1.35 bits per heavy atom. The Morgan fingerprint density at radius 1 is 0.559 bits per heavy atom. The van der Waals surface area contributed by atoms with Gasteiger partial charge in [-0.25, -0.2) is 9.97 Å². The molecule has 2 N–H and O–H groups in total. The van der Waals surface area contributed by atoms with Crippen LogP contribution in [-0.4, -0.2) is 30.4 Å². The number of aryl methyl sites for hydroxylation is 2. The quantitative estimate of drug-likeness (QED) is 0.318. The highest BCUT2D eigenvalue weighted by Gasteiger charge is 2.16. The van der Waals surface area contributed by atoms with E-state index in [0.717, 1.165) is 80.6 Å². The maximum atomic E-state index is 5.00. The van der Waals surface area contributed by atoms with Gasteiger partial charge in [-0.05, 0) is 62.1 Å². The number of aromatic nitrogens is 6. The van der Waals surface area contributed by atoms with E-state index < -0.39 is 0 Å². The first kappa shape index (κ1) is 21.8. The molecule has 0 unspecified atom stereocenters. The van der Waals surface area contributed by atoms with Gasteiger partial charge in [0, 0.05) is 11.1 Å². The highest BCUT2D eigenvalue weighted by atomic mass is 15.1. The fourth-order valence-corrected chi connectivity index (χ4v) is 4.44. The predicted molar refractivity (Wildman–Crippen MR) is 136 cm³/mol. The molecule has 4 aromatic heterocycles. The van der Waals surface area contributed by atoms with Gasteiger partial charge in [-0.3, -0.25) is 10.2 Å². The van der Waals surface area contributed by atoms with Crippen molar-refractivity contribution in [3.05, 3.63) is 83.2 Å². The summed E-state index contributed by atoms with van der Waals surface area (Å²) in [6.07, 6.45) is 1.78. The van der Waals surface area contributed by atoms with Crippen molar-refractivity contribution >= 4 is 0 Å². The molecule has 170 valence electrons. The minimum Gasteiger partial charge on any atom is -0.276 e. The van der Waals surface area contributed by atoms with Gasteiger partial charge in [0.25, 0.3) is 0 Å². The van der Waals surface area contributed by atoms with E-state index in [-0.39, 0.29) is 0 Å². The van der Waals surface area contributed by atoms with E-state index >= 15 is 0 Å². The molecule has 1 aromatic carbocycles. The van der Waals surface area contributed by atoms with E-state index in [1.807, 2.05) is 48.5 Å². The van der Waals surface area contributed by atoms with Gasteiger partial charge in [-0.2, -0.15) is 10.2 Å². The molecule has 5 aromatic rings. The van der Waals surface area contributed by atoms with Crippen LogP contribution in [-0.2, 0) is 12.8 Å². The fourth-order valence-electron chi connectivity index (χ4n) is 4.44. The second-order valence-corrected chi connectivity index (χ2v) is 8.41. The van der Waals surface area contributed by atoms with Crippen LogP contribution in [0.2, 0.25) is 0 Å². The van der Waals surface area contributed by atoms with E-state index in [1.54, 1.807) is 0 Å². The molecule has 5 rings (SSSR count). The zero-order valence-corrected chi connectivity index (χ0v) is 20.0. The average Bonchev–Trinajstić information content (AvgIpc) is 3.45. The maximum absolute atomic E-state index is 5.00. The first-order valence-electron chi connectivity index (χ1n) is 11.7.